The van der Waals surface area contributed by atoms with Crippen molar-refractivity contribution in [2.24, 2.45) is 0 Å². The molecule has 103 heavy (non-hydrogen) atoms. The minimum absolute atomic E-state index is 0.0811. The highest BCUT2D eigenvalue weighted by molar-refractivity contribution is 7.47. The quantitative estimate of drug-likeness (QED) is 0.0146. The Balaban J connectivity index is 4.39. The number of hydrogen-bond donors (Lipinski definition) is 4. The molecule has 0 aliphatic heterocycles. The molecule has 0 spiro atoms. The average molecular weight is 1490 g/mol. The van der Waals surface area contributed by atoms with Crippen LogP contribution >= 0.6 is 15.6 Å². The molecule has 4 N–H and O–H groups in total. The van der Waals surface area contributed by atoms with Crippen LogP contribution < -0.4 is 0 Å². The zero-order chi connectivity index (χ0) is 75.2. The first-order valence-electron chi connectivity index (χ1n) is 40.5. The van der Waals surface area contributed by atoms with Gasteiger partial charge in [-0.25, -0.2) is 9.13 Å². The Hall–Kier alpha value is -4.31. The van der Waals surface area contributed by atoms with Crippen LogP contribution in [-0.2, 0) is 55.8 Å². The summed E-state index contributed by atoms with van der Waals surface area (Å²) in [6, 6.07) is 0. The zero-order valence-corrected chi connectivity index (χ0v) is 66.5. The molecule has 16 nitrogen and oxygen atoms in total. The summed E-state index contributed by atoms with van der Waals surface area (Å²) >= 11 is 0. The molecule has 0 saturated heterocycles. The Morgan fingerprint density at radius 3 is 0.816 bits per heavy atom. The normalized spacial score (nSPS) is 14.7. The van der Waals surface area contributed by atoms with Crippen LogP contribution in [0.4, 0.5) is 0 Å². The number of phosphoric acid groups is 2. The Morgan fingerprint density at radius 1 is 0.282 bits per heavy atom. The molecule has 5 unspecified atom stereocenters. The average Bonchev–Trinajstić information content (AvgIpc) is 0.915. The number of rotatable bonds is 76. The molecule has 0 saturated carbocycles. The van der Waals surface area contributed by atoms with E-state index in [4.69, 9.17) is 32.3 Å². The van der Waals surface area contributed by atoms with E-state index in [1.165, 1.54) is 122 Å². The van der Waals surface area contributed by atoms with Crippen molar-refractivity contribution < 1.29 is 75.8 Å². The topological polar surface area (TPSA) is 231 Å². The van der Waals surface area contributed by atoms with Gasteiger partial charge < -0.3 is 34.2 Å². The Bertz CT molecular complexity index is 2410. The molecule has 0 aromatic carbocycles. The first-order valence-corrected chi connectivity index (χ1v) is 43.5. The van der Waals surface area contributed by atoms with Crippen molar-refractivity contribution in [2.75, 3.05) is 39.6 Å². The predicted octanol–water partition coefficient (Wildman–Crippen LogP) is 23.9. The van der Waals surface area contributed by atoms with E-state index >= 15 is 0 Å². The van der Waals surface area contributed by atoms with Crippen molar-refractivity contribution in [1.29, 1.82) is 0 Å². The third-order valence-corrected chi connectivity index (χ3v) is 18.7. The minimum Gasteiger partial charge on any atom is -0.463 e. The van der Waals surface area contributed by atoms with E-state index in [0.717, 1.165) is 148 Å². The van der Waals surface area contributed by atoms with Crippen LogP contribution in [-0.4, -0.2) is 95.9 Å². The smallest absolute Gasteiger partial charge is 0.463 e. The number of esters is 3. The number of aliphatic hydroxyl groups is 2. The number of ether oxygens (including phenoxy) is 3. The van der Waals surface area contributed by atoms with Crippen molar-refractivity contribution in [1.82, 2.24) is 0 Å². The molecule has 0 amide bonds. The van der Waals surface area contributed by atoms with Gasteiger partial charge in [0.15, 0.2) is 6.10 Å². The molecule has 0 radical (unpaired) electrons. The van der Waals surface area contributed by atoms with Crippen molar-refractivity contribution in [3.8, 4) is 0 Å². The van der Waals surface area contributed by atoms with Crippen LogP contribution in [0.3, 0.4) is 0 Å². The molecular weight excluding hydrogens is 1340 g/mol. The van der Waals surface area contributed by atoms with Crippen LogP contribution in [0.5, 0.6) is 0 Å². The molecule has 0 aliphatic rings. The second-order valence-electron chi connectivity index (χ2n) is 26.8. The van der Waals surface area contributed by atoms with Gasteiger partial charge in [-0.2, -0.15) is 0 Å². The molecule has 0 rings (SSSR count). The van der Waals surface area contributed by atoms with Gasteiger partial charge in [0.25, 0.3) is 0 Å². The number of carbonyl (C=O) groups is 3. The van der Waals surface area contributed by atoms with Gasteiger partial charge in [0, 0.05) is 19.3 Å². The lowest BCUT2D eigenvalue weighted by Crippen LogP contribution is -2.30. The second kappa shape index (κ2) is 77.3. The summed E-state index contributed by atoms with van der Waals surface area (Å²) in [6.45, 7) is 2.40. The molecule has 0 aromatic heterocycles. The number of aliphatic hydroxyl groups excluding tert-OH is 2. The standard InChI is InChI=1S/C85H146O16P2/c1-4-7-10-13-16-19-22-25-28-30-31-32-33-34-35-36-37-38-39-40-41-42-43-44-45-46-47-49-52-53-56-59-62-65-68-71-83(88)95-74-80(86)75-97-102(91,92)98-76-81(87)77-99-103(93,94)100-79-82(101-85(90)73-70-67-64-61-58-55-50-27-24-21-18-15-12-9-6-3)78-96-84(89)72-69-66-63-60-57-54-51-48-29-26-23-20-17-14-11-8-5-2/h7-8,10-11,16-21,25-29,31-32,34-35,50-51,54,80-82,86-87H,4-6,9,12-15,22-24,30,33,36-49,52-53,55-79H2,1-3H3,(H,91,92)(H,93,94)/b10-7-,11-8-,19-16-,20-17-,21-18-,28-25-,29-26-,32-31-,35-34-,50-27-,54-51-. The lowest BCUT2D eigenvalue weighted by atomic mass is 10.0. The highest BCUT2D eigenvalue weighted by Crippen LogP contribution is 2.45. The largest absolute Gasteiger partial charge is 0.472 e. The lowest BCUT2D eigenvalue weighted by molar-refractivity contribution is -0.161. The molecule has 0 bridgehead atoms. The summed E-state index contributed by atoms with van der Waals surface area (Å²) in [4.78, 5) is 58.6. The molecule has 592 valence electrons. The molecule has 0 fully saturated rings. The van der Waals surface area contributed by atoms with Crippen molar-refractivity contribution in [3.63, 3.8) is 0 Å². The van der Waals surface area contributed by atoms with Gasteiger partial charge in [-0.3, -0.25) is 32.5 Å². The van der Waals surface area contributed by atoms with Gasteiger partial charge in [0.05, 0.1) is 26.4 Å². The first-order chi connectivity index (χ1) is 50.2. The number of allylic oxidation sites excluding steroid dienone is 22. The number of hydrogen-bond acceptors (Lipinski definition) is 14. The highest BCUT2D eigenvalue weighted by Gasteiger charge is 2.29. The first kappa shape index (κ1) is 98.7. The zero-order valence-electron chi connectivity index (χ0n) is 64.7. The van der Waals surface area contributed by atoms with Crippen LogP contribution in [0.25, 0.3) is 0 Å². The third-order valence-electron chi connectivity index (χ3n) is 16.8. The van der Waals surface area contributed by atoms with E-state index in [9.17, 15) is 43.5 Å². The van der Waals surface area contributed by atoms with Crippen LogP contribution in [0.1, 0.15) is 329 Å². The van der Waals surface area contributed by atoms with Crippen molar-refractivity contribution >= 4 is 33.6 Å². The van der Waals surface area contributed by atoms with E-state index < -0.39 is 91.5 Å². The third kappa shape index (κ3) is 78.6. The van der Waals surface area contributed by atoms with Crippen LogP contribution in [0.2, 0.25) is 0 Å². The fourth-order valence-electron chi connectivity index (χ4n) is 10.7. The summed E-state index contributed by atoms with van der Waals surface area (Å²) in [5.74, 6) is -1.61. The SMILES string of the molecule is CC/C=C\C/C=C\C/C=C\C/C=C\C/C=C\CCCCCCCCCCCCCCCCCCCCCC(=O)OCC(O)COP(=O)(O)OCC(O)COP(=O)(O)OCC(COC(=O)CCCCCC/C=C\C/C=C\C/C=C\C/C=C\CC)OC(=O)CCCCCCC/C=C\C/C=C\CCCCC. The summed E-state index contributed by atoms with van der Waals surface area (Å²) in [5, 5.41) is 20.6. The number of unbranched alkanes of at least 4 members (excludes halogenated alkanes) is 31. The van der Waals surface area contributed by atoms with E-state index in [0.29, 0.717) is 19.3 Å². The highest BCUT2D eigenvalue weighted by atomic mass is 31.2. The van der Waals surface area contributed by atoms with Crippen LogP contribution in [0, 0.1) is 0 Å². The fourth-order valence-corrected chi connectivity index (χ4v) is 12.3. The number of phosphoric ester groups is 2. The molecular formula is C85H146O16P2. The summed E-state index contributed by atoms with van der Waals surface area (Å²) in [5.41, 5.74) is 0. The Kier molecular flexibility index (Phi) is 74.1. The van der Waals surface area contributed by atoms with Gasteiger partial charge in [0.2, 0.25) is 0 Å². The van der Waals surface area contributed by atoms with Gasteiger partial charge in [-0.1, -0.05) is 309 Å². The number of carbonyl (C=O) groups excluding carboxylic acids is 3. The maximum atomic E-state index is 12.9. The molecule has 0 aromatic rings. The van der Waals surface area contributed by atoms with Crippen LogP contribution in [0.15, 0.2) is 134 Å². The maximum absolute atomic E-state index is 12.9. The summed E-state index contributed by atoms with van der Waals surface area (Å²) in [6.07, 6.45) is 93.8. The van der Waals surface area contributed by atoms with Gasteiger partial charge in [0.1, 0.15) is 25.4 Å². The van der Waals surface area contributed by atoms with E-state index in [2.05, 4.69) is 154 Å². The fraction of sp³-hybridized carbons (Fsp3) is 0.706. The van der Waals surface area contributed by atoms with Crippen molar-refractivity contribution in [2.45, 2.75) is 347 Å². The lowest BCUT2D eigenvalue weighted by Gasteiger charge is -2.21. The van der Waals surface area contributed by atoms with Crippen molar-refractivity contribution in [3.05, 3.63) is 134 Å². The monoisotopic (exact) mass is 1490 g/mol. The predicted molar refractivity (Wildman–Crippen MR) is 426 cm³/mol. The van der Waals surface area contributed by atoms with E-state index in [1.54, 1.807) is 0 Å². The molecule has 0 aliphatic carbocycles. The summed E-state index contributed by atoms with van der Waals surface area (Å²) < 4.78 is 61.1. The summed E-state index contributed by atoms with van der Waals surface area (Å²) in [7, 11) is -9.80. The molecule has 18 heteroatoms. The molecule has 0 heterocycles. The molecule has 5 atom stereocenters. The van der Waals surface area contributed by atoms with Gasteiger partial charge >= 0.3 is 33.6 Å². The van der Waals surface area contributed by atoms with Gasteiger partial charge in [-0.15, -0.1) is 0 Å². The Labute approximate surface area is 626 Å². The van der Waals surface area contributed by atoms with Gasteiger partial charge in [-0.05, 0) is 135 Å². The maximum Gasteiger partial charge on any atom is 0.472 e. The van der Waals surface area contributed by atoms with E-state index in [-0.39, 0.29) is 19.3 Å². The Morgan fingerprint density at radius 2 is 0.515 bits per heavy atom. The second-order valence-corrected chi connectivity index (χ2v) is 29.7. The van der Waals surface area contributed by atoms with E-state index in [1.807, 2.05) is 0 Å². The minimum atomic E-state index is -4.94.